The van der Waals surface area contributed by atoms with Gasteiger partial charge >= 0.3 is 11.9 Å². The quantitative estimate of drug-likeness (QED) is 0.609. The van der Waals surface area contributed by atoms with Crippen LogP contribution >= 0.6 is 11.6 Å². The normalized spacial score (nSPS) is 13.5. The van der Waals surface area contributed by atoms with E-state index in [9.17, 15) is 9.59 Å². The minimum absolute atomic E-state index is 0.0102. The number of carbonyl (C=O) groups excluding carboxylic acids is 2. The number of carbonyl (C=O) groups is 2. The van der Waals surface area contributed by atoms with Crippen LogP contribution in [0.1, 0.15) is 25.5 Å². The maximum atomic E-state index is 11.1. The zero-order chi connectivity index (χ0) is 13.5. The van der Waals surface area contributed by atoms with Crippen molar-refractivity contribution in [3.05, 3.63) is 35.9 Å². The van der Waals surface area contributed by atoms with Crippen molar-refractivity contribution >= 4 is 23.5 Å². The van der Waals surface area contributed by atoms with Gasteiger partial charge in [-0.2, -0.15) is 0 Å². The third-order valence-corrected chi connectivity index (χ3v) is 2.55. The Balaban J connectivity index is 2.78. The van der Waals surface area contributed by atoms with Crippen LogP contribution in [0.5, 0.6) is 0 Å². The second kappa shape index (κ2) is 7.01. The van der Waals surface area contributed by atoms with E-state index in [1.807, 2.05) is 18.2 Å². The van der Waals surface area contributed by atoms with Crippen molar-refractivity contribution in [2.45, 2.75) is 25.3 Å². The summed E-state index contributed by atoms with van der Waals surface area (Å²) in [6.45, 7) is 2.60. The van der Waals surface area contributed by atoms with Crippen molar-refractivity contribution in [1.82, 2.24) is 0 Å². The van der Waals surface area contributed by atoms with E-state index in [2.05, 4.69) is 0 Å². The van der Waals surface area contributed by atoms with Crippen LogP contribution in [0, 0.1) is 0 Å². The number of ether oxygens (including phenoxy) is 2. The van der Waals surface area contributed by atoms with Gasteiger partial charge in [0.15, 0.2) is 0 Å². The van der Waals surface area contributed by atoms with Gasteiger partial charge in [-0.15, -0.1) is 11.6 Å². The maximum absolute atomic E-state index is 11.1. The topological polar surface area (TPSA) is 52.6 Å². The molecule has 0 saturated carbocycles. The fourth-order valence-corrected chi connectivity index (χ4v) is 1.72. The molecule has 0 N–H and O–H groups in total. The summed E-state index contributed by atoms with van der Waals surface area (Å²) < 4.78 is 9.99. The van der Waals surface area contributed by atoms with E-state index in [0.29, 0.717) is 0 Å². The second-order valence-electron chi connectivity index (χ2n) is 3.76. The van der Waals surface area contributed by atoms with Crippen LogP contribution in [0.3, 0.4) is 0 Å². The molecular formula is C13H15ClO4. The van der Waals surface area contributed by atoms with Crippen molar-refractivity contribution in [2.75, 3.05) is 6.61 Å². The van der Waals surface area contributed by atoms with E-state index in [1.165, 1.54) is 13.8 Å². The van der Waals surface area contributed by atoms with Crippen molar-refractivity contribution in [2.24, 2.45) is 0 Å². The van der Waals surface area contributed by atoms with Crippen LogP contribution < -0.4 is 0 Å². The number of benzene rings is 1. The largest absolute Gasteiger partial charge is 0.464 e. The fourth-order valence-electron chi connectivity index (χ4n) is 1.46. The predicted molar refractivity (Wildman–Crippen MR) is 67.2 cm³/mol. The van der Waals surface area contributed by atoms with E-state index >= 15 is 0 Å². The lowest BCUT2D eigenvalue weighted by atomic mass is 10.1. The Bertz CT molecular complexity index is 405. The van der Waals surface area contributed by atoms with Gasteiger partial charge < -0.3 is 9.47 Å². The van der Waals surface area contributed by atoms with Gasteiger partial charge in [-0.05, 0) is 5.56 Å². The summed E-state index contributed by atoms with van der Waals surface area (Å²) >= 11 is 6.12. The van der Waals surface area contributed by atoms with E-state index in [-0.39, 0.29) is 6.61 Å². The number of halogens is 1. The highest BCUT2D eigenvalue weighted by Gasteiger charge is 2.25. The molecule has 2 unspecified atom stereocenters. The first-order valence-corrected chi connectivity index (χ1v) is 5.94. The predicted octanol–water partition coefficient (Wildman–Crippen LogP) is 2.46. The average Bonchev–Trinajstić information content (AvgIpc) is 2.34. The van der Waals surface area contributed by atoms with Gasteiger partial charge in [0.25, 0.3) is 0 Å². The molecule has 0 radical (unpaired) electrons. The van der Waals surface area contributed by atoms with Crippen LogP contribution in [-0.4, -0.2) is 23.9 Å². The van der Waals surface area contributed by atoms with Gasteiger partial charge in [-0.1, -0.05) is 30.3 Å². The molecule has 0 amide bonds. The van der Waals surface area contributed by atoms with Gasteiger partial charge in [-0.25, -0.2) is 0 Å². The summed E-state index contributed by atoms with van der Waals surface area (Å²) in [5.41, 5.74) is 0.764. The van der Waals surface area contributed by atoms with E-state index in [4.69, 9.17) is 21.1 Å². The first-order valence-electron chi connectivity index (χ1n) is 5.50. The van der Waals surface area contributed by atoms with Crippen LogP contribution in [0.2, 0.25) is 0 Å². The molecule has 5 heteroatoms. The molecule has 1 aromatic carbocycles. The van der Waals surface area contributed by atoms with E-state index in [0.717, 1.165) is 5.56 Å². The van der Waals surface area contributed by atoms with Gasteiger partial charge in [0, 0.05) is 13.8 Å². The summed E-state index contributed by atoms with van der Waals surface area (Å²) in [4.78, 5) is 21.8. The smallest absolute Gasteiger partial charge is 0.303 e. The molecule has 0 bridgehead atoms. The van der Waals surface area contributed by atoms with Crippen LogP contribution in [-0.2, 0) is 19.1 Å². The van der Waals surface area contributed by atoms with Crippen molar-refractivity contribution < 1.29 is 19.1 Å². The molecule has 0 aliphatic carbocycles. The number of hydrogen-bond acceptors (Lipinski definition) is 4. The van der Waals surface area contributed by atoms with Gasteiger partial charge in [0.05, 0.1) is 0 Å². The first-order chi connectivity index (χ1) is 8.50. The van der Waals surface area contributed by atoms with Crippen LogP contribution in [0.15, 0.2) is 30.3 Å². The van der Waals surface area contributed by atoms with Gasteiger partial charge in [0.1, 0.15) is 18.1 Å². The van der Waals surface area contributed by atoms with Gasteiger partial charge in [0.2, 0.25) is 0 Å². The van der Waals surface area contributed by atoms with E-state index < -0.39 is 23.4 Å². The first kappa shape index (κ1) is 14.5. The summed E-state index contributed by atoms with van der Waals surface area (Å²) in [6, 6.07) is 9.10. The molecule has 1 aromatic rings. The van der Waals surface area contributed by atoms with Crippen molar-refractivity contribution in [3.8, 4) is 0 Å². The molecule has 0 saturated heterocycles. The lowest BCUT2D eigenvalue weighted by Gasteiger charge is -2.22. The monoisotopic (exact) mass is 270 g/mol. The molecule has 0 heterocycles. The SMILES string of the molecule is CC(=O)OCC(Cl)C(OC(C)=O)c1ccccc1. The maximum Gasteiger partial charge on any atom is 0.303 e. The van der Waals surface area contributed by atoms with Crippen LogP contribution in [0.25, 0.3) is 0 Å². The Labute approximate surface area is 111 Å². The Morgan fingerprint density at radius 1 is 1.17 bits per heavy atom. The number of alkyl halides is 1. The fraction of sp³-hybridized carbons (Fsp3) is 0.385. The Morgan fingerprint density at radius 2 is 1.78 bits per heavy atom. The molecule has 2 atom stereocenters. The average molecular weight is 271 g/mol. The molecule has 98 valence electrons. The lowest BCUT2D eigenvalue weighted by Crippen LogP contribution is -2.24. The standard InChI is InChI=1S/C13H15ClO4/c1-9(15)17-8-12(14)13(18-10(2)16)11-6-4-3-5-7-11/h3-7,12-13H,8H2,1-2H3. The van der Waals surface area contributed by atoms with Crippen LogP contribution in [0.4, 0.5) is 0 Å². The minimum Gasteiger partial charge on any atom is -0.464 e. The zero-order valence-corrected chi connectivity index (χ0v) is 11.0. The highest BCUT2D eigenvalue weighted by Crippen LogP contribution is 2.25. The van der Waals surface area contributed by atoms with Crippen molar-refractivity contribution in [3.63, 3.8) is 0 Å². The highest BCUT2D eigenvalue weighted by atomic mass is 35.5. The lowest BCUT2D eigenvalue weighted by molar-refractivity contribution is -0.148. The molecule has 0 aromatic heterocycles. The zero-order valence-electron chi connectivity index (χ0n) is 10.3. The molecule has 1 rings (SSSR count). The minimum atomic E-state index is -0.635. The third kappa shape index (κ3) is 4.75. The van der Waals surface area contributed by atoms with Crippen molar-refractivity contribution in [1.29, 1.82) is 0 Å². The summed E-state index contributed by atoms with van der Waals surface area (Å²) in [7, 11) is 0. The number of esters is 2. The second-order valence-corrected chi connectivity index (χ2v) is 4.32. The third-order valence-electron chi connectivity index (χ3n) is 2.20. The number of rotatable bonds is 5. The molecule has 4 nitrogen and oxygen atoms in total. The molecule has 0 fully saturated rings. The molecule has 0 aliphatic rings. The Morgan fingerprint density at radius 3 is 2.28 bits per heavy atom. The molecular weight excluding hydrogens is 256 g/mol. The van der Waals surface area contributed by atoms with Gasteiger partial charge in [-0.3, -0.25) is 9.59 Å². The molecule has 0 spiro atoms. The Kier molecular flexibility index (Phi) is 5.65. The Hall–Kier alpha value is -1.55. The summed E-state index contributed by atoms with van der Waals surface area (Å²) in [6.07, 6.45) is -0.635. The summed E-state index contributed by atoms with van der Waals surface area (Å²) in [5.74, 6) is -0.854. The molecule has 0 aliphatic heterocycles. The molecule has 18 heavy (non-hydrogen) atoms. The highest BCUT2D eigenvalue weighted by molar-refractivity contribution is 6.21. The summed E-state index contributed by atoms with van der Waals surface area (Å²) in [5, 5.41) is -0.625. The van der Waals surface area contributed by atoms with E-state index in [1.54, 1.807) is 12.1 Å². The number of hydrogen-bond donors (Lipinski definition) is 0.